The van der Waals surface area contributed by atoms with E-state index in [0.29, 0.717) is 12.8 Å². The van der Waals surface area contributed by atoms with Crippen molar-refractivity contribution in [3.8, 4) is 0 Å². The third kappa shape index (κ3) is 2.24. The molecule has 6 heteroatoms. The lowest BCUT2D eigenvalue weighted by Crippen LogP contribution is -2.35. The Labute approximate surface area is 127 Å². The molecule has 0 aromatic heterocycles. The summed E-state index contributed by atoms with van der Waals surface area (Å²) in [4.78, 5) is 0. The van der Waals surface area contributed by atoms with Crippen LogP contribution in [0.4, 0.5) is 17.6 Å². The predicted molar refractivity (Wildman–Crippen MR) is 73.9 cm³/mol. The summed E-state index contributed by atoms with van der Waals surface area (Å²) in [7, 11) is 0. The first kappa shape index (κ1) is 14.6. The van der Waals surface area contributed by atoms with Gasteiger partial charge in [-0.3, -0.25) is 0 Å². The maximum Gasteiger partial charge on any atom is 0.279 e. The molecule has 20 heavy (non-hydrogen) atoms. The van der Waals surface area contributed by atoms with E-state index in [1.54, 1.807) is 0 Å². The molecule has 1 aliphatic heterocycles. The first-order valence-electron chi connectivity index (χ1n) is 6.52. The van der Waals surface area contributed by atoms with Crippen molar-refractivity contribution in [2.24, 2.45) is 11.8 Å². The van der Waals surface area contributed by atoms with Crippen LogP contribution in [0.25, 0.3) is 0 Å². The molecule has 0 radical (unpaired) electrons. The van der Waals surface area contributed by atoms with Crippen LogP contribution >= 0.6 is 22.6 Å². The highest BCUT2D eigenvalue weighted by molar-refractivity contribution is 14.1. The van der Waals surface area contributed by atoms with Gasteiger partial charge in [0, 0.05) is 5.92 Å². The van der Waals surface area contributed by atoms with Crippen molar-refractivity contribution in [1.82, 2.24) is 0 Å². The SMILES string of the molecule is Fc1ccc2c(c1F)C(F)(F)C(C1CCC(I)OC1)C2. The molecule has 2 aliphatic rings. The lowest BCUT2D eigenvalue weighted by molar-refractivity contribution is -0.103. The van der Waals surface area contributed by atoms with Gasteiger partial charge in [0.05, 0.1) is 12.2 Å². The maximum absolute atomic E-state index is 14.5. The molecule has 1 fully saturated rings. The number of rotatable bonds is 1. The lowest BCUT2D eigenvalue weighted by atomic mass is 9.83. The minimum Gasteiger partial charge on any atom is -0.368 e. The molecule has 1 aliphatic carbocycles. The highest BCUT2D eigenvalue weighted by atomic mass is 127. The molecule has 1 nitrogen and oxygen atoms in total. The van der Waals surface area contributed by atoms with Gasteiger partial charge in [0.15, 0.2) is 11.6 Å². The van der Waals surface area contributed by atoms with Gasteiger partial charge in [-0.1, -0.05) is 28.7 Å². The molecule has 3 atom stereocenters. The van der Waals surface area contributed by atoms with Gasteiger partial charge < -0.3 is 4.74 Å². The molecule has 1 saturated heterocycles. The summed E-state index contributed by atoms with van der Waals surface area (Å²) < 4.78 is 61.3. The zero-order chi connectivity index (χ0) is 14.5. The Bertz CT molecular complexity index is 526. The van der Waals surface area contributed by atoms with E-state index in [1.165, 1.54) is 6.07 Å². The van der Waals surface area contributed by atoms with Crippen LogP contribution in [0.2, 0.25) is 0 Å². The van der Waals surface area contributed by atoms with E-state index in [4.69, 9.17) is 4.74 Å². The maximum atomic E-state index is 14.5. The van der Waals surface area contributed by atoms with Gasteiger partial charge in [-0.25, -0.2) is 17.6 Å². The Morgan fingerprint density at radius 2 is 1.95 bits per heavy atom. The largest absolute Gasteiger partial charge is 0.368 e. The lowest BCUT2D eigenvalue weighted by Gasteiger charge is -2.33. The quantitative estimate of drug-likeness (QED) is 0.386. The molecular formula is C14H13F4IO. The first-order valence-corrected chi connectivity index (χ1v) is 7.76. The fourth-order valence-electron chi connectivity index (χ4n) is 3.19. The standard InChI is InChI=1S/C14H13F4IO/c15-10-3-1-7-5-9(8-2-4-11(19)20-6-8)14(17,18)12(7)13(10)16/h1,3,8-9,11H,2,4-6H2. The first-order chi connectivity index (χ1) is 9.41. The number of benzene rings is 1. The zero-order valence-electron chi connectivity index (χ0n) is 10.5. The van der Waals surface area contributed by atoms with E-state index in [0.717, 1.165) is 6.07 Å². The molecule has 0 bridgehead atoms. The van der Waals surface area contributed by atoms with E-state index in [-0.39, 0.29) is 28.6 Å². The summed E-state index contributed by atoms with van der Waals surface area (Å²) in [6.07, 6.45) is 1.43. The number of alkyl halides is 3. The third-order valence-electron chi connectivity index (χ3n) is 4.24. The fourth-order valence-corrected chi connectivity index (χ4v) is 3.76. The second kappa shape index (κ2) is 5.12. The Hall–Kier alpha value is -0.370. The van der Waals surface area contributed by atoms with Crippen LogP contribution in [-0.2, 0) is 17.1 Å². The number of hydrogen-bond donors (Lipinski definition) is 0. The van der Waals surface area contributed by atoms with Crippen molar-refractivity contribution >= 4 is 22.6 Å². The topological polar surface area (TPSA) is 9.23 Å². The number of hydrogen-bond acceptors (Lipinski definition) is 1. The second-order valence-electron chi connectivity index (χ2n) is 5.41. The van der Waals surface area contributed by atoms with Crippen molar-refractivity contribution in [1.29, 1.82) is 0 Å². The van der Waals surface area contributed by atoms with E-state index in [2.05, 4.69) is 22.6 Å². The summed E-state index contributed by atoms with van der Waals surface area (Å²) in [5.74, 6) is -7.26. The molecule has 0 saturated carbocycles. The summed E-state index contributed by atoms with van der Waals surface area (Å²) >= 11 is 2.13. The van der Waals surface area contributed by atoms with Crippen molar-refractivity contribution in [2.45, 2.75) is 29.3 Å². The number of ether oxygens (including phenoxy) is 1. The normalized spacial score (nSPS) is 32.1. The summed E-state index contributed by atoms with van der Waals surface area (Å²) in [5.41, 5.74) is -0.533. The summed E-state index contributed by atoms with van der Waals surface area (Å²) in [6.45, 7) is 0.256. The Morgan fingerprint density at radius 1 is 1.20 bits per heavy atom. The molecular weight excluding hydrogens is 387 g/mol. The molecule has 1 aromatic rings. The van der Waals surface area contributed by atoms with Gasteiger partial charge in [0.2, 0.25) is 0 Å². The van der Waals surface area contributed by atoms with E-state index in [9.17, 15) is 17.6 Å². The highest BCUT2D eigenvalue weighted by Gasteiger charge is 2.54. The zero-order valence-corrected chi connectivity index (χ0v) is 12.7. The van der Waals surface area contributed by atoms with Crippen molar-refractivity contribution < 1.29 is 22.3 Å². The molecule has 1 aromatic carbocycles. The summed E-state index contributed by atoms with van der Waals surface area (Å²) in [6, 6.07) is 2.19. The van der Waals surface area contributed by atoms with Crippen LogP contribution in [0.1, 0.15) is 24.0 Å². The highest BCUT2D eigenvalue weighted by Crippen LogP contribution is 2.52. The molecule has 3 rings (SSSR count). The minimum atomic E-state index is -3.33. The molecule has 0 spiro atoms. The van der Waals surface area contributed by atoms with Gasteiger partial charge in [-0.15, -0.1) is 0 Å². The monoisotopic (exact) mass is 400 g/mol. The minimum absolute atomic E-state index is 0.0513. The Morgan fingerprint density at radius 3 is 2.60 bits per heavy atom. The fraction of sp³-hybridized carbons (Fsp3) is 0.571. The van der Waals surface area contributed by atoms with E-state index in [1.807, 2.05) is 0 Å². The van der Waals surface area contributed by atoms with E-state index >= 15 is 0 Å². The Balaban J connectivity index is 1.92. The van der Waals surface area contributed by atoms with Gasteiger partial charge in [-0.2, -0.15) is 0 Å². The second-order valence-corrected chi connectivity index (χ2v) is 6.80. The van der Waals surface area contributed by atoms with Crippen molar-refractivity contribution in [3.05, 3.63) is 34.9 Å². The molecule has 1 heterocycles. The molecule has 0 amide bonds. The summed E-state index contributed by atoms with van der Waals surface area (Å²) in [5, 5.41) is 0. The number of fused-ring (bicyclic) bond motifs is 1. The molecule has 0 N–H and O–H groups in total. The van der Waals surface area contributed by atoms with Crippen LogP contribution in [0.3, 0.4) is 0 Å². The predicted octanol–water partition coefficient (Wildman–Crippen LogP) is 4.42. The van der Waals surface area contributed by atoms with Gasteiger partial charge in [0.1, 0.15) is 4.11 Å². The molecule has 3 unspecified atom stereocenters. The average Bonchev–Trinajstić information content (AvgIpc) is 2.67. The number of halogens is 5. The van der Waals surface area contributed by atoms with Crippen LogP contribution in [0.5, 0.6) is 0 Å². The molecule has 110 valence electrons. The Kier molecular flexibility index (Phi) is 3.73. The van der Waals surface area contributed by atoms with Crippen LogP contribution in [0.15, 0.2) is 12.1 Å². The third-order valence-corrected chi connectivity index (χ3v) is 5.23. The van der Waals surface area contributed by atoms with Crippen molar-refractivity contribution in [2.75, 3.05) is 6.61 Å². The smallest absolute Gasteiger partial charge is 0.279 e. The van der Waals surface area contributed by atoms with Crippen LogP contribution < -0.4 is 0 Å². The van der Waals surface area contributed by atoms with Gasteiger partial charge >= 0.3 is 0 Å². The van der Waals surface area contributed by atoms with Crippen LogP contribution in [-0.4, -0.2) is 10.7 Å². The average molecular weight is 400 g/mol. The van der Waals surface area contributed by atoms with Crippen LogP contribution in [0, 0.1) is 23.5 Å². The van der Waals surface area contributed by atoms with Crippen molar-refractivity contribution in [3.63, 3.8) is 0 Å². The van der Waals surface area contributed by atoms with Gasteiger partial charge in [-0.05, 0) is 36.8 Å². The van der Waals surface area contributed by atoms with Gasteiger partial charge in [0.25, 0.3) is 5.92 Å². The van der Waals surface area contributed by atoms with E-state index < -0.39 is 29.0 Å².